The number of hydrogen-bond donors (Lipinski definition) is 4. The number of ether oxygens (including phenoxy) is 1. The summed E-state index contributed by atoms with van der Waals surface area (Å²) >= 11 is 6.13. The molecule has 5 rings (SSSR count). The first kappa shape index (κ1) is 32.8. The van der Waals surface area contributed by atoms with E-state index in [0.717, 1.165) is 23.8 Å². The SMILES string of the molecule is Cc1ccc(S(=O)(=O)Nc2cc(S(=O)(=O)O)cc3cc(S(=O)(=O)O)c(/N=N/c4cc(Cl)ccc4Oc4ccccc4)c(O)c23)cc1. The Bertz CT molecular complexity index is 2350. The van der Waals surface area contributed by atoms with Crippen molar-refractivity contribution in [2.75, 3.05) is 4.72 Å². The van der Waals surface area contributed by atoms with Gasteiger partial charge in [0.15, 0.2) is 11.5 Å². The number of halogens is 1. The van der Waals surface area contributed by atoms with Crippen LogP contribution < -0.4 is 9.46 Å². The van der Waals surface area contributed by atoms with Crippen molar-refractivity contribution >= 4 is 69.7 Å². The minimum absolute atomic E-state index is 0.0286. The van der Waals surface area contributed by atoms with Crippen LogP contribution in [-0.2, 0) is 30.3 Å². The molecule has 4 N–H and O–H groups in total. The summed E-state index contributed by atoms with van der Waals surface area (Å²) in [6.45, 7) is 1.73. The normalized spacial score (nSPS) is 12.4. The molecule has 5 aromatic carbocycles. The fourth-order valence-electron chi connectivity index (χ4n) is 4.28. The number of phenols is 1. The van der Waals surface area contributed by atoms with Crippen LogP contribution in [0, 0.1) is 6.92 Å². The molecule has 0 aliphatic heterocycles. The summed E-state index contributed by atoms with van der Waals surface area (Å²) < 4.78 is 103. The van der Waals surface area contributed by atoms with Gasteiger partial charge in [-0.3, -0.25) is 13.8 Å². The second-order valence-corrected chi connectivity index (χ2v) is 14.7. The van der Waals surface area contributed by atoms with E-state index in [2.05, 4.69) is 15.0 Å². The molecule has 0 fully saturated rings. The molecule has 5 aromatic rings. The molecule has 0 amide bonds. The molecular weight excluding hydrogens is 682 g/mol. The second-order valence-electron chi connectivity index (χ2n) is 9.74. The molecule has 13 nitrogen and oxygen atoms in total. The largest absolute Gasteiger partial charge is 0.505 e. The third-order valence-electron chi connectivity index (χ3n) is 6.42. The van der Waals surface area contributed by atoms with E-state index in [4.69, 9.17) is 16.3 Å². The van der Waals surface area contributed by atoms with Gasteiger partial charge in [-0.1, -0.05) is 47.5 Å². The van der Waals surface area contributed by atoms with Crippen LogP contribution in [0.2, 0.25) is 5.02 Å². The van der Waals surface area contributed by atoms with Crippen LogP contribution in [0.3, 0.4) is 0 Å². The van der Waals surface area contributed by atoms with Gasteiger partial charge in [0.05, 0.1) is 20.9 Å². The van der Waals surface area contributed by atoms with Crippen molar-refractivity contribution in [3.63, 3.8) is 0 Å². The van der Waals surface area contributed by atoms with Crippen LogP contribution in [0.4, 0.5) is 17.1 Å². The third-order valence-corrected chi connectivity index (χ3v) is 9.74. The molecular formula is C29H22ClN3O10S3. The Hall–Kier alpha value is -4.58. The van der Waals surface area contributed by atoms with Crippen molar-refractivity contribution in [3.8, 4) is 17.2 Å². The molecule has 0 saturated carbocycles. The molecule has 0 aliphatic carbocycles. The Morgan fingerprint density at radius 3 is 2.07 bits per heavy atom. The number of aryl methyl sites for hydroxylation is 1. The number of anilines is 1. The van der Waals surface area contributed by atoms with Crippen LogP contribution in [0.5, 0.6) is 17.2 Å². The molecule has 46 heavy (non-hydrogen) atoms. The molecule has 0 atom stereocenters. The van der Waals surface area contributed by atoms with Crippen molar-refractivity contribution in [2.24, 2.45) is 10.2 Å². The number of sulfonamides is 1. The van der Waals surface area contributed by atoms with Crippen molar-refractivity contribution in [1.29, 1.82) is 0 Å². The fraction of sp³-hybridized carbons (Fsp3) is 0.0345. The van der Waals surface area contributed by atoms with Gasteiger partial charge in [0.2, 0.25) is 0 Å². The maximum Gasteiger partial charge on any atom is 0.296 e. The molecule has 0 heterocycles. The van der Waals surface area contributed by atoms with Gasteiger partial charge in [-0.25, -0.2) is 8.42 Å². The van der Waals surface area contributed by atoms with Gasteiger partial charge in [-0.15, -0.1) is 10.2 Å². The number of fused-ring (bicyclic) bond motifs is 1. The van der Waals surface area contributed by atoms with Gasteiger partial charge >= 0.3 is 0 Å². The lowest BCUT2D eigenvalue weighted by Crippen LogP contribution is -2.14. The van der Waals surface area contributed by atoms with Gasteiger partial charge in [0, 0.05) is 5.02 Å². The summed E-state index contributed by atoms with van der Waals surface area (Å²) in [5, 5.41) is 18.6. The highest BCUT2D eigenvalue weighted by Gasteiger charge is 2.27. The maximum absolute atomic E-state index is 13.3. The predicted molar refractivity (Wildman–Crippen MR) is 169 cm³/mol. The van der Waals surface area contributed by atoms with E-state index < -0.39 is 67.9 Å². The van der Waals surface area contributed by atoms with Crippen molar-refractivity contribution < 1.29 is 44.2 Å². The molecule has 0 aliphatic rings. The van der Waals surface area contributed by atoms with Gasteiger partial charge < -0.3 is 9.84 Å². The van der Waals surface area contributed by atoms with E-state index in [1.54, 1.807) is 37.3 Å². The second kappa shape index (κ2) is 12.3. The summed E-state index contributed by atoms with van der Waals surface area (Å²) in [5.41, 5.74) is -0.687. The minimum atomic E-state index is -5.18. The van der Waals surface area contributed by atoms with Gasteiger partial charge in [-0.05, 0) is 73.0 Å². The van der Waals surface area contributed by atoms with Crippen molar-refractivity contribution in [3.05, 3.63) is 102 Å². The zero-order valence-corrected chi connectivity index (χ0v) is 26.6. The van der Waals surface area contributed by atoms with Crippen LogP contribution in [0.15, 0.2) is 116 Å². The average Bonchev–Trinajstić information content (AvgIpc) is 2.97. The zero-order valence-electron chi connectivity index (χ0n) is 23.4. The number of nitrogens with one attached hydrogen (secondary N) is 1. The highest BCUT2D eigenvalue weighted by molar-refractivity contribution is 7.92. The quantitative estimate of drug-likeness (QED) is 0.0911. The fourth-order valence-corrected chi connectivity index (χ4v) is 6.71. The number of benzene rings is 5. The summed E-state index contributed by atoms with van der Waals surface area (Å²) in [6.07, 6.45) is 0. The van der Waals surface area contributed by atoms with Gasteiger partial charge in [0.25, 0.3) is 30.3 Å². The number of phenolic OH excluding ortho intramolecular Hbond substituents is 1. The lowest BCUT2D eigenvalue weighted by molar-refractivity contribution is 0.472. The predicted octanol–water partition coefficient (Wildman–Crippen LogP) is 7.01. The third kappa shape index (κ3) is 7.12. The molecule has 0 unspecified atom stereocenters. The minimum Gasteiger partial charge on any atom is -0.505 e. The highest BCUT2D eigenvalue weighted by atomic mass is 35.5. The average molecular weight is 704 g/mol. The van der Waals surface area contributed by atoms with Gasteiger partial charge in [-0.2, -0.15) is 16.8 Å². The lowest BCUT2D eigenvalue weighted by atomic mass is 10.1. The Labute approximate surface area is 268 Å². The monoisotopic (exact) mass is 703 g/mol. The number of hydrogen-bond acceptors (Lipinski definition) is 10. The maximum atomic E-state index is 13.3. The van der Waals surface area contributed by atoms with E-state index in [9.17, 15) is 39.5 Å². The Morgan fingerprint density at radius 2 is 1.43 bits per heavy atom. The number of nitrogens with zero attached hydrogens (tertiary/aromatic N) is 2. The number of azo groups is 1. The van der Waals surface area contributed by atoms with E-state index in [-0.39, 0.29) is 21.4 Å². The van der Waals surface area contributed by atoms with E-state index in [1.807, 2.05) is 0 Å². The summed E-state index contributed by atoms with van der Waals surface area (Å²) in [6, 6.07) is 20.6. The first-order valence-corrected chi connectivity index (χ1v) is 17.6. The number of aromatic hydroxyl groups is 1. The summed E-state index contributed by atoms with van der Waals surface area (Å²) in [7, 11) is -14.6. The topological polar surface area (TPSA) is 209 Å². The lowest BCUT2D eigenvalue weighted by Gasteiger charge is -2.16. The molecule has 238 valence electrons. The van der Waals surface area contributed by atoms with Crippen LogP contribution in [0.25, 0.3) is 10.8 Å². The first-order valence-electron chi connectivity index (χ1n) is 12.9. The van der Waals surface area contributed by atoms with E-state index in [0.29, 0.717) is 5.75 Å². The Morgan fingerprint density at radius 1 is 0.761 bits per heavy atom. The van der Waals surface area contributed by atoms with E-state index in [1.165, 1.54) is 42.5 Å². The van der Waals surface area contributed by atoms with Crippen LogP contribution in [-0.4, -0.2) is 39.5 Å². The first-order chi connectivity index (χ1) is 21.5. The molecule has 17 heteroatoms. The standard InChI is InChI=1S/C29H22ClN3O10S3/c1-17-7-10-21(11-8-17)44(35,36)33-24-16-22(45(37,38)39)13-18-14-26(46(40,41)42)28(29(34)27(18)24)32-31-23-15-19(30)9-12-25(23)43-20-5-3-2-4-6-20/h2-16,33-34H,1H3,(H,37,38,39)(H,40,41,42)/b32-31+. The van der Waals surface area contributed by atoms with Crippen molar-refractivity contribution in [1.82, 2.24) is 0 Å². The zero-order chi connectivity index (χ0) is 33.4. The van der Waals surface area contributed by atoms with Gasteiger partial charge in [0.1, 0.15) is 22.0 Å². The van der Waals surface area contributed by atoms with Crippen LogP contribution in [0.1, 0.15) is 5.56 Å². The van der Waals surface area contributed by atoms with Crippen molar-refractivity contribution in [2.45, 2.75) is 21.6 Å². The van der Waals surface area contributed by atoms with Crippen LogP contribution >= 0.6 is 11.6 Å². The number of para-hydroxylation sites is 1. The Kier molecular flexibility index (Phi) is 8.78. The molecule has 0 radical (unpaired) electrons. The van der Waals surface area contributed by atoms with E-state index >= 15 is 0 Å². The molecule has 0 saturated heterocycles. The molecule has 0 spiro atoms. The molecule has 0 bridgehead atoms. The molecule has 0 aromatic heterocycles. The highest BCUT2D eigenvalue weighted by Crippen LogP contribution is 2.46. The Balaban J connectivity index is 1.74. The summed E-state index contributed by atoms with van der Waals surface area (Å²) in [4.78, 5) is -2.10. The summed E-state index contributed by atoms with van der Waals surface area (Å²) in [5.74, 6) is -0.476. The number of rotatable bonds is 9. The smallest absolute Gasteiger partial charge is 0.296 e.